The van der Waals surface area contributed by atoms with Crippen molar-refractivity contribution < 1.29 is 9.53 Å². The number of allylic oxidation sites excluding steroid dienone is 2. The number of hydrogen-bond acceptors (Lipinski definition) is 4. The summed E-state index contributed by atoms with van der Waals surface area (Å²) in [6, 6.07) is 8.81. The molecule has 1 amide bonds. The number of hydrogen-bond donors (Lipinski definition) is 1. The standard InChI is InChI=1S/C16H17N3O2/c17-10-14-8-4-5-9-15(14)21-12-16(20)19-18-11-13-6-2-1-3-7-13/h1-2,4-5,8-9,11,13H,3,6-7,12H2,(H,19,20)/b18-11-/t13-/m1/s1. The summed E-state index contributed by atoms with van der Waals surface area (Å²) < 4.78 is 5.31. The van der Waals surface area contributed by atoms with Gasteiger partial charge in [0.25, 0.3) is 5.91 Å². The Morgan fingerprint density at radius 3 is 3.10 bits per heavy atom. The van der Waals surface area contributed by atoms with Crippen molar-refractivity contribution in [1.29, 1.82) is 5.26 Å². The van der Waals surface area contributed by atoms with Gasteiger partial charge in [-0.25, -0.2) is 5.43 Å². The highest BCUT2D eigenvalue weighted by Gasteiger charge is 2.08. The number of nitrogens with zero attached hydrogens (tertiary/aromatic N) is 2. The Hall–Kier alpha value is -2.61. The molecule has 0 aliphatic heterocycles. The number of nitriles is 1. The second kappa shape index (κ2) is 7.85. The summed E-state index contributed by atoms with van der Waals surface area (Å²) >= 11 is 0. The first kappa shape index (κ1) is 14.8. The van der Waals surface area contributed by atoms with Crippen LogP contribution in [0.25, 0.3) is 0 Å². The Bertz CT molecular complexity index is 587. The van der Waals surface area contributed by atoms with E-state index in [-0.39, 0.29) is 12.5 Å². The molecule has 1 aliphatic rings. The molecule has 1 atom stereocenters. The van der Waals surface area contributed by atoms with E-state index in [0.717, 1.165) is 19.3 Å². The number of nitrogens with one attached hydrogen (secondary N) is 1. The zero-order valence-corrected chi connectivity index (χ0v) is 11.7. The topological polar surface area (TPSA) is 74.5 Å². The van der Waals surface area contributed by atoms with Crippen LogP contribution in [0.4, 0.5) is 0 Å². The average Bonchev–Trinajstić information content (AvgIpc) is 2.54. The van der Waals surface area contributed by atoms with Crippen LogP contribution in [-0.2, 0) is 4.79 Å². The number of hydrazone groups is 1. The van der Waals surface area contributed by atoms with E-state index in [1.807, 2.05) is 6.07 Å². The molecule has 0 saturated carbocycles. The lowest BCUT2D eigenvalue weighted by molar-refractivity contribution is -0.123. The third kappa shape index (κ3) is 4.77. The number of para-hydroxylation sites is 1. The second-order valence-electron chi connectivity index (χ2n) is 4.75. The van der Waals surface area contributed by atoms with E-state index < -0.39 is 0 Å². The van der Waals surface area contributed by atoms with Gasteiger partial charge in [-0.3, -0.25) is 4.79 Å². The molecule has 0 heterocycles. The van der Waals surface area contributed by atoms with Gasteiger partial charge in [-0.1, -0.05) is 24.3 Å². The fourth-order valence-corrected chi connectivity index (χ4v) is 2.03. The average molecular weight is 283 g/mol. The van der Waals surface area contributed by atoms with E-state index in [4.69, 9.17) is 10.00 Å². The zero-order chi connectivity index (χ0) is 14.9. The van der Waals surface area contributed by atoms with Crippen LogP contribution in [0.5, 0.6) is 5.75 Å². The Morgan fingerprint density at radius 1 is 1.48 bits per heavy atom. The van der Waals surface area contributed by atoms with Crippen LogP contribution in [0.1, 0.15) is 24.8 Å². The molecule has 0 aromatic heterocycles. The molecule has 1 aromatic rings. The van der Waals surface area contributed by atoms with Crippen LogP contribution in [0, 0.1) is 17.2 Å². The van der Waals surface area contributed by atoms with E-state index in [0.29, 0.717) is 17.2 Å². The highest BCUT2D eigenvalue weighted by Crippen LogP contribution is 2.16. The largest absolute Gasteiger partial charge is 0.482 e. The maximum Gasteiger partial charge on any atom is 0.277 e. The van der Waals surface area contributed by atoms with Crippen molar-refractivity contribution in [1.82, 2.24) is 5.43 Å². The van der Waals surface area contributed by atoms with Gasteiger partial charge in [0.2, 0.25) is 0 Å². The van der Waals surface area contributed by atoms with Crippen molar-refractivity contribution in [2.24, 2.45) is 11.0 Å². The fourth-order valence-electron chi connectivity index (χ4n) is 2.03. The van der Waals surface area contributed by atoms with Crippen LogP contribution in [0.15, 0.2) is 41.5 Å². The van der Waals surface area contributed by atoms with E-state index >= 15 is 0 Å². The van der Waals surface area contributed by atoms with Crippen LogP contribution in [0.2, 0.25) is 0 Å². The predicted molar refractivity (Wildman–Crippen MR) is 79.8 cm³/mol. The molecule has 0 spiro atoms. The zero-order valence-electron chi connectivity index (χ0n) is 11.7. The Balaban J connectivity index is 1.76. The van der Waals surface area contributed by atoms with Crippen molar-refractivity contribution in [2.75, 3.05) is 6.61 Å². The Labute approximate surface area is 123 Å². The van der Waals surface area contributed by atoms with Crippen molar-refractivity contribution in [3.05, 3.63) is 42.0 Å². The van der Waals surface area contributed by atoms with Crippen LogP contribution < -0.4 is 10.2 Å². The van der Waals surface area contributed by atoms with Gasteiger partial charge in [0.05, 0.1) is 5.56 Å². The maximum absolute atomic E-state index is 11.6. The second-order valence-corrected chi connectivity index (χ2v) is 4.75. The first-order valence-electron chi connectivity index (χ1n) is 6.88. The van der Waals surface area contributed by atoms with Crippen molar-refractivity contribution in [3.63, 3.8) is 0 Å². The SMILES string of the molecule is N#Cc1ccccc1OCC(=O)N/N=C\[C@@H]1CC=CCC1. The highest BCUT2D eigenvalue weighted by atomic mass is 16.5. The number of ether oxygens (including phenoxy) is 1. The van der Waals surface area contributed by atoms with Gasteiger partial charge in [0.1, 0.15) is 11.8 Å². The van der Waals surface area contributed by atoms with E-state index in [1.54, 1.807) is 30.5 Å². The third-order valence-electron chi connectivity index (χ3n) is 3.15. The van der Waals surface area contributed by atoms with Gasteiger partial charge in [0.15, 0.2) is 6.61 Å². The van der Waals surface area contributed by atoms with E-state index in [9.17, 15) is 4.79 Å². The molecule has 0 fully saturated rings. The van der Waals surface area contributed by atoms with Gasteiger partial charge in [-0.15, -0.1) is 0 Å². The number of rotatable bonds is 5. The summed E-state index contributed by atoms with van der Waals surface area (Å²) in [4.78, 5) is 11.6. The van der Waals surface area contributed by atoms with E-state index in [1.165, 1.54) is 0 Å². The van der Waals surface area contributed by atoms with Crippen LogP contribution >= 0.6 is 0 Å². The maximum atomic E-state index is 11.6. The van der Waals surface area contributed by atoms with Crippen LogP contribution in [-0.4, -0.2) is 18.7 Å². The summed E-state index contributed by atoms with van der Waals surface area (Å²) in [6.45, 7) is -0.166. The minimum atomic E-state index is -0.342. The summed E-state index contributed by atoms with van der Waals surface area (Å²) in [5.41, 5.74) is 2.84. The molecule has 5 nitrogen and oxygen atoms in total. The minimum absolute atomic E-state index is 0.166. The fraction of sp³-hybridized carbons (Fsp3) is 0.312. The molecule has 1 aliphatic carbocycles. The normalized spacial score (nSPS) is 17.4. The molecule has 5 heteroatoms. The third-order valence-corrected chi connectivity index (χ3v) is 3.15. The lowest BCUT2D eigenvalue weighted by Crippen LogP contribution is -2.25. The lowest BCUT2D eigenvalue weighted by Gasteiger charge is -2.11. The molecular formula is C16H17N3O2. The molecule has 2 rings (SSSR count). The smallest absolute Gasteiger partial charge is 0.277 e. The summed E-state index contributed by atoms with van der Waals surface area (Å²) in [5, 5.41) is 12.9. The molecule has 1 N–H and O–H groups in total. The van der Waals surface area contributed by atoms with Crippen LogP contribution in [0.3, 0.4) is 0 Å². The predicted octanol–water partition coefficient (Wildman–Crippen LogP) is 2.40. The summed E-state index contributed by atoms with van der Waals surface area (Å²) in [5.74, 6) is 0.442. The highest BCUT2D eigenvalue weighted by molar-refractivity contribution is 5.78. The van der Waals surface area contributed by atoms with E-state index in [2.05, 4.69) is 22.7 Å². The summed E-state index contributed by atoms with van der Waals surface area (Å²) in [6.07, 6.45) is 9.13. The molecule has 0 saturated heterocycles. The van der Waals surface area contributed by atoms with Crippen molar-refractivity contribution in [2.45, 2.75) is 19.3 Å². The number of benzene rings is 1. The van der Waals surface area contributed by atoms with Gasteiger partial charge in [-0.2, -0.15) is 10.4 Å². The quantitative estimate of drug-likeness (QED) is 0.512. The minimum Gasteiger partial charge on any atom is -0.482 e. The van der Waals surface area contributed by atoms with Gasteiger partial charge in [0, 0.05) is 6.21 Å². The number of carbonyl (C=O) groups is 1. The van der Waals surface area contributed by atoms with Gasteiger partial charge in [-0.05, 0) is 37.3 Å². The molecule has 0 bridgehead atoms. The van der Waals surface area contributed by atoms with Gasteiger partial charge < -0.3 is 4.74 Å². The molecule has 1 aromatic carbocycles. The molecule has 108 valence electrons. The molecular weight excluding hydrogens is 266 g/mol. The Morgan fingerprint density at radius 2 is 2.33 bits per heavy atom. The molecule has 0 radical (unpaired) electrons. The van der Waals surface area contributed by atoms with Crippen molar-refractivity contribution in [3.8, 4) is 11.8 Å². The summed E-state index contributed by atoms with van der Waals surface area (Å²) in [7, 11) is 0. The van der Waals surface area contributed by atoms with Crippen molar-refractivity contribution >= 4 is 12.1 Å². The molecule has 0 unspecified atom stereocenters. The number of carbonyl (C=O) groups excluding carboxylic acids is 1. The lowest BCUT2D eigenvalue weighted by atomic mass is 9.96. The Kier molecular flexibility index (Phi) is 5.53. The number of amides is 1. The van der Waals surface area contributed by atoms with Gasteiger partial charge >= 0.3 is 0 Å². The first-order chi connectivity index (χ1) is 10.3. The molecule has 21 heavy (non-hydrogen) atoms. The first-order valence-corrected chi connectivity index (χ1v) is 6.88. The monoisotopic (exact) mass is 283 g/mol.